The summed E-state index contributed by atoms with van der Waals surface area (Å²) in [5, 5.41) is 7.20. The normalized spacial score (nSPS) is 14.6. The van der Waals surface area contributed by atoms with Crippen LogP contribution in [-0.4, -0.2) is 49.5 Å². The molecule has 2 N–H and O–H groups in total. The van der Waals surface area contributed by atoms with Crippen LogP contribution in [0.25, 0.3) is 0 Å². The third-order valence-corrected chi connectivity index (χ3v) is 4.26. The number of nitrogens with zero attached hydrogens (tertiary/aromatic N) is 2. The highest BCUT2D eigenvalue weighted by molar-refractivity contribution is 14.0. The van der Waals surface area contributed by atoms with E-state index in [2.05, 4.69) is 21.7 Å². The Morgan fingerprint density at radius 1 is 1.24 bits per heavy atom. The topological polar surface area (TPSA) is 56.7 Å². The number of nitrogens with one attached hydrogen (secondary N) is 2. The van der Waals surface area contributed by atoms with E-state index < -0.39 is 0 Å². The van der Waals surface area contributed by atoms with Crippen LogP contribution >= 0.6 is 35.6 Å². The second kappa shape index (κ2) is 12.4. The number of carbonyl (C=O) groups is 1. The first-order valence-electron chi connectivity index (χ1n) is 8.73. The van der Waals surface area contributed by atoms with Gasteiger partial charge < -0.3 is 15.5 Å². The first-order valence-corrected chi connectivity index (χ1v) is 9.11. The summed E-state index contributed by atoms with van der Waals surface area (Å²) < 4.78 is 0. The predicted molar refractivity (Wildman–Crippen MR) is 115 cm³/mol. The maximum Gasteiger partial charge on any atom is 0.244 e. The molecule has 1 fully saturated rings. The molecular formula is C18H28ClIN4O. The molecule has 1 saturated heterocycles. The molecule has 7 heteroatoms. The predicted octanol–water partition coefficient (Wildman–Crippen LogP) is 3.07. The molecule has 0 aromatic heterocycles. The second-order valence-corrected chi connectivity index (χ2v) is 6.38. The zero-order chi connectivity index (χ0) is 17.2. The molecule has 0 radical (unpaired) electrons. The molecule has 140 valence electrons. The molecule has 0 atom stereocenters. The molecule has 0 aliphatic carbocycles. The van der Waals surface area contributed by atoms with Crippen molar-refractivity contribution in [3.8, 4) is 0 Å². The van der Waals surface area contributed by atoms with Crippen LogP contribution in [0.15, 0.2) is 29.3 Å². The summed E-state index contributed by atoms with van der Waals surface area (Å²) in [7, 11) is 0. The van der Waals surface area contributed by atoms with E-state index in [0.29, 0.717) is 5.96 Å². The Labute approximate surface area is 172 Å². The van der Waals surface area contributed by atoms with Crippen molar-refractivity contribution in [1.29, 1.82) is 0 Å². The molecule has 1 heterocycles. The lowest BCUT2D eigenvalue weighted by Gasteiger charge is -2.26. The fourth-order valence-electron chi connectivity index (χ4n) is 2.75. The molecule has 1 aromatic rings. The molecule has 1 aromatic carbocycles. The van der Waals surface area contributed by atoms with E-state index in [1.165, 1.54) is 12.0 Å². The van der Waals surface area contributed by atoms with Crippen LogP contribution in [0.5, 0.6) is 0 Å². The van der Waals surface area contributed by atoms with Gasteiger partial charge in [-0.25, -0.2) is 4.99 Å². The quantitative estimate of drug-likeness (QED) is 0.375. The molecule has 0 bridgehead atoms. The lowest BCUT2D eigenvalue weighted by atomic mass is 10.1. The summed E-state index contributed by atoms with van der Waals surface area (Å²) in [5.41, 5.74) is 1.18. The van der Waals surface area contributed by atoms with Crippen LogP contribution in [-0.2, 0) is 11.2 Å². The maximum atomic E-state index is 12.2. The van der Waals surface area contributed by atoms with Gasteiger partial charge in [-0.05, 0) is 50.3 Å². The average Bonchev–Trinajstić information content (AvgIpc) is 2.60. The molecule has 1 aliphatic rings. The van der Waals surface area contributed by atoms with Gasteiger partial charge in [0.05, 0.1) is 0 Å². The number of aliphatic imine (C=N–C) groups is 1. The van der Waals surface area contributed by atoms with E-state index in [0.717, 1.165) is 50.5 Å². The second-order valence-electron chi connectivity index (χ2n) is 5.94. The van der Waals surface area contributed by atoms with Crippen molar-refractivity contribution >= 4 is 47.4 Å². The monoisotopic (exact) mass is 478 g/mol. The van der Waals surface area contributed by atoms with Crippen LogP contribution in [0, 0.1) is 0 Å². The average molecular weight is 479 g/mol. The highest BCUT2D eigenvalue weighted by atomic mass is 127. The summed E-state index contributed by atoms with van der Waals surface area (Å²) in [4.78, 5) is 18.5. The Morgan fingerprint density at radius 2 is 2.00 bits per heavy atom. The Hall–Kier alpha value is -1.02. The summed E-state index contributed by atoms with van der Waals surface area (Å²) in [6, 6.07) is 7.84. The lowest BCUT2D eigenvalue weighted by Crippen LogP contribution is -2.41. The van der Waals surface area contributed by atoms with Gasteiger partial charge in [-0.3, -0.25) is 4.79 Å². The Bertz CT molecular complexity index is 562. The highest BCUT2D eigenvalue weighted by Gasteiger charge is 2.15. The molecule has 5 nitrogen and oxygen atoms in total. The van der Waals surface area contributed by atoms with E-state index in [-0.39, 0.29) is 36.4 Å². The fourth-order valence-corrected chi connectivity index (χ4v) is 2.96. The van der Waals surface area contributed by atoms with E-state index in [9.17, 15) is 4.79 Å². The third kappa shape index (κ3) is 8.27. The zero-order valence-corrected chi connectivity index (χ0v) is 17.8. The Morgan fingerprint density at radius 3 is 2.68 bits per heavy atom. The first kappa shape index (κ1) is 22.0. The largest absolute Gasteiger partial charge is 0.357 e. The van der Waals surface area contributed by atoms with Gasteiger partial charge in [-0.15, -0.1) is 24.0 Å². The van der Waals surface area contributed by atoms with Crippen molar-refractivity contribution in [3.05, 3.63) is 34.9 Å². The van der Waals surface area contributed by atoms with Crippen LogP contribution in [0.1, 0.15) is 31.7 Å². The number of likely N-dealkylation sites (tertiary alicyclic amines) is 1. The fraction of sp³-hybridized carbons (Fsp3) is 0.556. The van der Waals surface area contributed by atoms with Gasteiger partial charge in [0.25, 0.3) is 0 Å². The summed E-state index contributed by atoms with van der Waals surface area (Å²) >= 11 is 6.00. The van der Waals surface area contributed by atoms with Gasteiger partial charge in [0, 0.05) is 31.2 Å². The molecule has 0 unspecified atom stereocenters. The number of hydrogen-bond acceptors (Lipinski definition) is 2. The maximum absolute atomic E-state index is 12.2. The van der Waals surface area contributed by atoms with Gasteiger partial charge in [0.2, 0.25) is 5.91 Å². The summed E-state index contributed by atoms with van der Waals surface area (Å²) in [5.74, 6) is 0.798. The van der Waals surface area contributed by atoms with E-state index in [1.807, 2.05) is 30.0 Å². The van der Waals surface area contributed by atoms with Gasteiger partial charge in [0.1, 0.15) is 6.54 Å². The lowest BCUT2D eigenvalue weighted by molar-refractivity contribution is -0.130. The van der Waals surface area contributed by atoms with Crippen molar-refractivity contribution in [2.24, 2.45) is 4.99 Å². The van der Waals surface area contributed by atoms with E-state index >= 15 is 0 Å². The Balaban J connectivity index is 0.00000312. The minimum absolute atomic E-state index is 0. The van der Waals surface area contributed by atoms with Gasteiger partial charge in [0.15, 0.2) is 5.96 Å². The third-order valence-electron chi connectivity index (χ3n) is 4.02. The van der Waals surface area contributed by atoms with Crippen molar-refractivity contribution < 1.29 is 4.79 Å². The van der Waals surface area contributed by atoms with Crippen LogP contribution in [0.2, 0.25) is 5.02 Å². The smallest absolute Gasteiger partial charge is 0.244 e. The van der Waals surface area contributed by atoms with Crippen LogP contribution in [0.4, 0.5) is 0 Å². The zero-order valence-electron chi connectivity index (χ0n) is 14.8. The number of guanidine groups is 1. The Kier molecular flexibility index (Phi) is 10.9. The number of rotatable bonds is 6. The standard InChI is InChI=1S/C18H27ClN4O.HI/c1-2-20-18(21-10-9-15-7-6-8-16(19)13-15)22-14-17(24)23-11-4-3-5-12-23;/h6-8,13H,2-5,9-12,14H2,1H3,(H2,20,21,22);1H. The number of amides is 1. The van der Waals surface area contributed by atoms with Crippen LogP contribution < -0.4 is 10.6 Å². The first-order chi connectivity index (χ1) is 11.7. The molecule has 25 heavy (non-hydrogen) atoms. The van der Waals surface area contributed by atoms with Crippen LogP contribution in [0.3, 0.4) is 0 Å². The number of carbonyl (C=O) groups excluding carboxylic acids is 1. The van der Waals surface area contributed by atoms with E-state index in [4.69, 9.17) is 11.6 Å². The molecule has 0 saturated carbocycles. The number of piperidine rings is 1. The molecule has 1 amide bonds. The van der Waals surface area contributed by atoms with Gasteiger partial charge in [-0.1, -0.05) is 23.7 Å². The highest BCUT2D eigenvalue weighted by Crippen LogP contribution is 2.10. The van der Waals surface area contributed by atoms with Gasteiger partial charge >= 0.3 is 0 Å². The van der Waals surface area contributed by atoms with Gasteiger partial charge in [-0.2, -0.15) is 0 Å². The van der Waals surface area contributed by atoms with Crippen molar-refractivity contribution in [3.63, 3.8) is 0 Å². The minimum atomic E-state index is 0. The number of benzene rings is 1. The van der Waals surface area contributed by atoms with Crippen molar-refractivity contribution in [2.45, 2.75) is 32.6 Å². The number of halogens is 2. The van der Waals surface area contributed by atoms with E-state index in [1.54, 1.807) is 0 Å². The molecule has 1 aliphatic heterocycles. The SMILES string of the molecule is CCNC(=NCC(=O)N1CCCCC1)NCCc1cccc(Cl)c1.I. The van der Waals surface area contributed by atoms with Crippen molar-refractivity contribution in [2.75, 3.05) is 32.7 Å². The summed E-state index contributed by atoms with van der Waals surface area (Å²) in [6.07, 6.45) is 4.28. The van der Waals surface area contributed by atoms with Crippen molar-refractivity contribution in [1.82, 2.24) is 15.5 Å². The number of hydrogen-bond donors (Lipinski definition) is 2. The molecular weight excluding hydrogens is 451 g/mol. The molecule has 2 rings (SSSR count). The minimum Gasteiger partial charge on any atom is -0.357 e. The summed E-state index contributed by atoms with van der Waals surface area (Å²) in [6.45, 7) is 5.46. The molecule has 0 spiro atoms.